The minimum atomic E-state index is 0.450. The highest BCUT2D eigenvalue weighted by molar-refractivity contribution is 5.55. The topological polar surface area (TPSA) is 63.5 Å². The molecule has 5 nitrogen and oxygen atoms in total. The molecule has 0 bridgehead atoms. The van der Waals surface area contributed by atoms with Crippen LogP contribution in [0.5, 0.6) is 17.2 Å². The van der Waals surface area contributed by atoms with Crippen molar-refractivity contribution in [1.29, 1.82) is 5.26 Å². The lowest BCUT2D eigenvalue weighted by atomic mass is 10.1. The van der Waals surface area contributed by atoms with E-state index in [1.165, 1.54) is 5.56 Å². The summed E-state index contributed by atoms with van der Waals surface area (Å²) in [5.41, 5.74) is 3.61. The van der Waals surface area contributed by atoms with Crippen LogP contribution in [0.3, 0.4) is 0 Å². The molecule has 0 saturated heterocycles. The number of allylic oxidation sites excluding steroid dienone is 1. The Hall–Kier alpha value is -3.13. The summed E-state index contributed by atoms with van der Waals surface area (Å²) in [6.45, 7) is 2.03. The molecule has 0 aromatic heterocycles. The molecule has 0 fully saturated rings. The van der Waals surface area contributed by atoms with Crippen LogP contribution < -0.4 is 19.5 Å². The van der Waals surface area contributed by atoms with Gasteiger partial charge in [-0.25, -0.2) is 0 Å². The first-order valence-corrected chi connectivity index (χ1v) is 7.82. The number of ether oxygens (including phenoxy) is 3. The number of benzene rings is 2. The second-order valence-corrected chi connectivity index (χ2v) is 5.50. The summed E-state index contributed by atoms with van der Waals surface area (Å²) in [5, 5.41) is 12.6. The highest BCUT2D eigenvalue weighted by atomic mass is 16.5. The van der Waals surface area contributed by atoms with Crippen LogP contribution in [0, 0.1) is 18.3 Å². The standard InChI is InChI=1S/C20H22N2O3/c1-14-5-7-17(8-6-14)22-13-16(12-21)9-15-10-18(23-2)20(25-4)19(11-15)24-3/h5-8,10-11,13,22H,9H2,1-4H3. The molecule has 0 aliphatic heterocycles. The summed E-state index contributed by atoms with van der Waals surface area (Å²) in [4.78, 5) is 0. The van der Waals surface area contributed by atoms with Gasteiger partial charge >= 0.3 is 0 Å². The molecular formula is C20H22N2O3. The van der Waals surface area contributed by atoms with E-state index < -0.39 is 0 Å². The van der Waals surface area contributed by atoms with E-state index >= 15 is 0 Å². The summed E-state index contributed by atoms with van der Waals surface area (Å²) in [6, 6.07) is 13.9. The Labute approximate surface area is 148 Å². The number of rotatable bonds is 7. The molecule has 130 valence electrons. The third kappa shape index (κ3) is 4.67. The summed E-state index contributed by atoms with van der Waals surface area (Å²) < 4.78 is 16.0. The minimum Gasteiger partial charge on any atom is -0.493 e. The molecule has 25 heavy (non-hydrogen) atoms. The van der Waals surface area contributed by atoms with E-state index in [4.69, 9.17) is 14.2 Å². The fourth-order valence-corrected chi connectivity index (χ4v) is 2.40. The number of nitriles is 1. The van der Waals surface area contributed by atoms with Gasteiger partial charge in [-0.2, -0.15) is 5.26 Å². The summed E-state index contributed by atoms with van der Waals surface area (Å²) in [6.07, 6.45) is 2.17. The third-order valence-electron chi connectivity index (χ3n) is 3.73. The van der Waals surface area contributed by atoms with Gasteiger partial charge in [0, 0.05) is 23.9 Å². The largest absolute Gasteiger partial charge is 0.493 e. The van der Waals surface area contributed by atoms with Crippen LogP contribution in [0.4, 0.5) is 5.69 Å². The average molecular weight is 338 g/mol. The van der Waals surface area contributed by atoms with E-state index in [9.17, 15) is 5.26 Å². The lowest BCUT2D eigenvalue weighted by molar-refractivity contribution is 0.324. The van der Waals surface area contributed by atoms with Crippen molar-refractivity contribution in [3.8, 4) is 23.3 Å². The predicted octanol–water partition coefficient (Wildman–Crippen LogP) is 4.08. The third-order valence-corrected chi connectivity index (χ3v) is 3.73. The highest BCUT2D eigenvalue weighted by Crippen LogP contribution is 2.38. The van der Waals surface area contributed by atoms with Crippen molar-refractivity contribution < 1.29 is 14.2 Å². The molecule has 0 unspecified atom stereocenters. The second kappa shape index (κ2) is 8.65. The van der Waals surface area contributed by atoms with Gasteiger partial charge in [-0.15, -0.1) is 0 Å². The lowest BCUT2D eigenvalue weighted by Crippen LogP contribution is -1.99. The van der Waals surface area contributed by atoms with Crippen molar-refractivity contribution >= 4 is 5.69 Å². The quantitative estimate of drug-likeness (QED) is 0.771. The van der Waals surface area contributed by atoms with Gasteiger partial charge in [0.25, 0.3) is 0 Å². The van der Waals surface area contributed by atoms with Crippen LogP contribution in [0.2, 0.25) is 0 Å². The Morgan fingerprint density at radius 3 is 2.12 bits per heavy atom. The van der Waals surface area contributed by atoms with Gasteiger partial charge in [0.15, 0.2) is 11.5 Å². The van der Waals surface area contributed by atoms with Crippen LogP contribution in [-0.2, 0) is 6.42 Å². The van der Waals surface area contributed by atoms with Gasteiger partial charge in [-0.1, -0.05) is 17.7 Å². The second-order valence-electron chi connectivity index (χ2n) is 5.50. The van der Waals surface area contributed by atoms with Crippen LogP contribution >= 0.6 is 0 Å². The Kier molecular flexibility index (Phi) is 6.30. The monoisotopic (exact) mass is 338 g/mol. The molecule has 2 aromatic carbocycles. The molecule has 2 rings (SSSR count). The number of methoxy groups -OCH3 is 3. The maximum absolute atomic E-state index is 9.42. The highest BCUT2D eigenvalue weighted by Gasteiger charge is 2.13. The van der Waals surface area contributed by atoms with E-state index in [2.05, 4.69) is 11.4 Å². The lowest BCUT2D eigenvalue weighted by Gasteiger charge is -2.14. The number of nitrogens with zero attached hydrogens (tertiary/aromatic N) is 1. The van der Waals surface area contributed by atoms with Crippen LogP contribution in [0.25, 0.3) is 0 Å². The molecule has 0 atom stereocenters. The Bertz CT molecular complexity index is 765. The number of aryl methyl sites for hydroxylation is 1. The van der Waals surface area contributed by atoms with Gasteiger partial charge in [-0.05, 0) is 36.8 Å². The summed E-state index contributed by atoms with van der Waals surface area (Å²) in [5.74, 6) is 1.68. The summed E-state index contributed by atoms with van der Waals surface area (Å²) in [7, 11) is 4.70. The van der Waals surface area contributed by atoms with Crippen molar-refractivity contribution in [1.82, 2.24) is 0 Å². The maximum Gasteiger partial charge on any atom is 0.203 e. The Balaban J connectivity index is 2.22. The smallest absolute Gasteiger partial charge is 0.203 e. The number of hydrogen-bond donors (Lipinski definition) is 1. The molecule has 0 heterocycles. The molecule has 2 aromatic rings. The fraction of sp³-hybridized carbons (Fsp3) is 0.250. The van der Waals surface area contributed by atoms with Crippen LogP contribution in [0.1, 0.15) is 11.1 Å². The summed E-state index contributed by atoms with van der Waals surface area (Å²) >= 11 is 0. The maximum atomic E-state index is 9.42. The minimum absolute atomic E-state index is 0.450. The van der Waals surface area contributed by atoms with E-state index in [0.717, 1.165) is 11.3 Å². The molecule has 0 radical (unpaired) electrons. The van der Waals surface area contributed by atoms with Crippen molar-refractivity contribution in [2.24, 2.45) is 0 Å². The molecule has 5 heteroatoms. The zero-order valence-corrected chi connectivity index (χ0v) is 14.9. The van der Waals surface area contributed by atoms with Crippen molar-refractivity contribution in [3.63, 3.8) is 0 Å². The first-order chi connectivity index (χ1) is 12.1. The van der Waals surface area contributed by atoms with Gasteiger partial charge in [0.1, 0.15) is 0 Å². The van der Waals surface area contributed by atoms with Gasteiger partial charge < -0.3 is 19.5 Å². The number of hydrogen-bond acceptors (Lipinski definition) is 5. The SMILES string of the molecule is COc1cc(CC(C#N)=CNc2ccc(C)cc2)cc(OC)c1OC. The fourth-order valence-electron chi connectivity index (χ4n) is 2.40. The van der Waals surface area contributed by atoms with Gasteiger partial charge in [0.2, 0.25) is 5.75 Å². The predicted molar refractivity (Wildman–Crippen MR) is 98.3 cm³/mol. The van der Waals surface area contributed by atoms with Gasteiger partial charge in [0.05, 0.1) is 27.4 Å². The van der Waals surface area contributed by atoms with Crippen molar-refractivity contribution in [3.05, 3.63) is 59.3 Å². The van der Waals surface area contributed by atoms with Crippen molar-refractivity contribution in [2.75, 3.05) is 26.6 Å². The first kappa shape index (κ1) is 18.2. The Morgan fingerprint density at radius 2 is 1.64 bits per heavy atom. The molecule has 1 N–H and O–H groups in total. The Morgan fingerprint density at radius 1 is 1.04 bits per heavy atom. The van der Waals surface area contributed by atoms with E-state index in [1.807, 2.05) is 43.3 Å². The zero-order valence-electron chi connectivity index (χ0n) is 14.9. The van der Waals surface area contributed by atoms with Crippen molar-refractivity contribution in [2.45, 2.75) is 13.3 Å². The number of nitrogens with one attached hydrogen (secondary N) is 1. The molecule has 0 aliphatic rings. The molecular weight excluding hydrogens is 316 g/mol. The van der Waals surface area contributed by atoms with Crippen LogP contribution in [-0.4, -0.2) is 21.3 Å². The van der Waals surface area contributed by atoms with Crippen LogP contribution in [0.15, 0.2) is 48.2 Å². The number of anilines is 1. The molecule has 0 spiro atoms. The average Bonchev–Trinajstić information content (AvgIpc) is 2.65. The van der Waals surface area contributed by atoms with Gasteiger partial charge in [-0.3, -0.25) is 0 Å². The molecule has 0 amide bonds. The first-order valence-electron chi connectivity index (χ1n) is 7.82. The molecule has 0 saturated carbocycles. The van der Waals surface area contributed by atoms with E-state index in [1.54, 1.807) is 27.5 Å². The normalized spacial score (nSPS) is 10.8. The zero-order chi connectivity index (χ0) is 18.2. The molecule has 0 aliphatic carbocycles. The van der Waals surface area contributed by atoms with E-state index in [0.29, 0.717) is 29.2 Å². The van der Waals surface area contributed by atoms with E-state index in [-0.39, 0.29) is 0 Å².